The van der Waals surface area contributed by atoms with Crippen LogP contribution in [0.2, 0.25) is 0 Å². The summed E-state index contributed by atoms with van der Waals surface area (Å²) in [6.07, 6.45) is 1.06. The molecule has 28 heavy (non-hydrogen) atoms. The number of anilines is 2. The minimum Gasteiger partial charge on any atom is -0.465 e. The number of ether oxygens (including phenoxy) is 1. The molecule has 150 valence electrons. The molecule has 2 aromatic carbocycles. The maximum atomic E-state index is 12.6. The quantitative estimate of drug-likeness (QED) is 0.716. The fourth-order valence-corrected chi connectivity index (χ4v) is 3.66. The number of carbonyl (C=O) groups is 2. The van der Waals surface area contributed by atoms with Crippen molar-refractivity contribution in [3.63, 3.8) is 0 Å². The van der Waals surface area contributed by atoms with Gasteiger partial charge in [-0.2, -0.15) is 0 Å². The van der Waals surface area contributed by atoms with Crippen LogP contribution >= 0.6 is 0 Å². The van der Waals surface area contributed by atoms with Crippen LogP contribution in [0.4, 0.5) is 11.4 Å². The van der Waals surface area contributed by atoms with Crippen molar-refractivity contribution in [2.45, 2.75) is 19.8 Å². The molecule has 0 bridgehead atoms. The Labute approximate surface area is 165 Å². The van der Waals surface area contributed by atoms with Gasteiger partial charge in [0.05, 0.1) is 30.3 Å². The molecule has 0 aromatic heterocycles. The van der Waals surface area contributed by atoms with Gasteiger partial charge in [-0.1, -0.05) is 44.2 Å². The second kappa shape index (κ2) is 8.88. The third kappa shape index (κ3) is 5.10. The Hall–Kier alpha value is -2.87. The molecule has 0 aliphatic heterocycles. The number of esters is 1. The number of rotatable bonds is 7. The first-order valence-corrected chi connectivity index (χ1v) is 10.5. The molecule has 0 heterocycles. The van der Waals surface area contributed by atoms with Crippen LogP contribution in [0, 0.1) is 0 Å². The predicted molar refractivity (Wildman–Crippen MR) is 109 cm³/mol. The summed E-state index contributed by atoms with van der Waals surface area (Å²) in [5.41, 5.74) is 1.71. The first kappa shape index (κ1) is 21.4. The van der Waals surface area contributed by atoms with Crippen LogP contribution in [0.25, 0.3) is 0 Å². The normalized spacial score (nSPS) is 11.2. The summed E-state index contributed by atoms with van der Waals surface area (Å²) in [7, 11) is -2.47. The molecule has 0 aliphatic rings. The molecule has 1 amide bonds. The van der Waals surface area contributed by atoms with E-state index < -0.39 is 28.4 Å². The highest BCUT2D eigenvalue weighted by Crippen LogP contribution is 2.29. The Kier molecular flexibility index (Phi) is 6.80. The number of nitrogens with one attached hydrogen (secondary N) is 1. The number of para-hydroxylation sites is 2. The van der Waals surface area contributed by atoms with Crippen LogP contribution in [-0.2, 0) is 19.6 Å². The first-order chi connectivity index (χ1) is 13.1. The zero-order valence-electron chi connectivity index (χ0n) is 16.3. The molecule has 0 spiro atoms. The molecule has 0 atom stereocenters. The lowest BCUT2D eigenvalue weighted by atomic mass is 10.0. The van der Waals surface area contributed by atoms with Gasteiger partial charge in [-0.3, -0.25) is 9.10 Å². The molecule has 0 saturated carbocycles. The van der Waals surface area contributed by atoms with E-state index >= 15 is 0 Å². The van der Waals surface area contributed by atoms with Gasteiger partial charge >= 0.3 is 5.97 Å². The Morgan fingerprint density at radius 3 is 2.29 bits per heavy atom. The number of carbonyl (C=O) groups excluding carboxylic acids is 2. The van der Waals surface area contributed by atoms with E-state index in [1.54, 1.807) is 30.3 Å². The number of hydrogen-bond donors (Lipinski definition) is 1. The molecule has 0 radical (unpaired) electrons. The molecular formula is C20H24N2O5S. The summed E-state index contributed by atoms with van der Waals surface area (Å²) in [5, 5.41) is 2.60. The van der Waals surface area contributed by atoms with Crippen molar-refractivity contribution in [2.24, 2.45) is 0 Å². The van der Waals surface area contributed by atoms with Gasteiger partial charge in [0.2, 0.25) is 15.9 Å². The van der Waals surface area contributed by atoms with E-state index in [-0.39, 0.29) is 17.2 Å². The lowest BCUT2D eigenvalue weighted by molar-refractivity contribution is -0.114. The fraction of sp³-hybridized carbons (Fsp3) is 0.300. The second-order valence-electron chi connectivity index (χ2n) is 6.57. The van der Waals surface area contributed by atoms with E-state index in [1.807, 2.05) is 26.0 Å². The minimum absolute atomic E-state index is 0.0727. The number of sulfonamides is 1. The van der Waals surface area contributed by atoms with Crippen molar-refractivity contribution in [3.8, 4) is 0 Å². The number of amides is 1. The highest BCUT2D eigenvalue weighted by molar-refractivity contribution is 7.92. The van der Waals surface area contributed by atoms with Crippen LogP contribution in [0.15, 0.2) is 48.5 Å². The fourth-order valence-electron chi connectivity index (χ4n) is 2.78. The Morgan fingerprint density at radius 2 is 1.68 bits per heavy atom. The van der Waals surface area contributed by atoms with Crippen molar-refractivity contribution in [2.75, 3.05) is 29.5 Å². The van der Waals surface area contributed by atoms with Crippen molar-refractivity contribution < 1.29 is 22.7 Å². The van der Waals surface area contributed by atoms with E-state index in [4.69, 9.17) is 4.74 Å². The average molecular weight is 404 g/mol. The van der Waals surface area contributed by atoms with Crippen molar-refractivity contribution in [1.29, 1.82) is 0 Å². The summed E-state index contributed by atoms with van der Waals surface area (Å²) in [6.45, 7) is 3.48. The van der Waals surface area contributed by atoms with Crippen LogP contribution in [-0.4, -0.2) is 40.2 Å². The summed E-state index contributed by atoms with van der Waals surface area (Å²) in [5.74, 6) is -1.09. The first-order valence-electron chi connectivity index (χ1n) is 8.69. The van der Waals surface area contributed by atoms with E-state index in [9.17, 15) is 18.0 Å². The zero-order chi connectivity index (χ0) is 20.9. The van der Waals surface area contributed by atoms with Gasteiger partial charge in [0.15, 0.2) is 0 Å². The van der Waals surface area contributed by atoms with E-state index in [0.29, 0.717) is 5.69 Å². The SMILES string of the molecule is COC(=O)c1ccccc1NC(=O)CN(c1ccccc1C(C)C)S(C)(=O)=O. The third-order valence-corrected chi connectivity index (χ3v) is 5.25. The molecule has 2 rings (SSSR count). The lowest BCUT2D eigenvalue weighted by Crippen LogP contribution is -2.38. The molecule has 7 nitrogen and oxygen atoms in total. The Bertz CT molecular complexity index is 970. The zero-order valence-corrected chi connectivity index (χ0v) is 17.1. The van der Waals surface area contributed by atoms with Gasteiger partial charge in [0.25, 0.3) is 0 Å². The lowest BCUT2D eigenvalue weighted by Gasteiger charge is -2.25. The van der Waals surface area contributed by atoms with Gasteiger partial charge in [-0.25, -0.2) is 13.2 Å². The largest absolute Gasteiger partial charge is 0.465 e. The monoisotopic (exact) mass is 404 g/mol. The topological polar surface area (TPSA) is 92.8 Å². The van der Waals surface area contributed by atoms with Crippen molar-refractivity contribution in [1.82, 2.24) is 0 Å². The van der Waals surface area contributed by atoms with Crippen LogP contribution in [0.5, 0.6) is 0 Å². The van der Waals surface area contributed by atoms with Gasteiger partial charge in [-0.05, 0) is 29.7 Å². The summed E-state index contributed by atoms with van der Waals surface area (Å²) in [6, 6.07) is 13.4. The Morgan fingerprint density at radius 1 is 1.07 bits per heavy atom. The van der Waals surface area contributed by atoms with E-state index in [2.05, 4.69) is 5.32 Å². The summed E-state index contributed by atoms with van der Waals surface area (Å²) >= 11 is 0. The predicted octanol–water partition coefficient (Wildman–Crippen LogP) is 3.00. The van der Waals surface area contributed by atoms with Crippen molar-refractivity contribution >= 4 is 33.3 Å². The number of methoxy groups -OCH3 is 1. The van der Waals surface area contributed by atoms with Gasteiger partial charge in [0, 0.05) is 0 Å². The van der Waals surface area contributed by atoms with Crippen LogP contribution < -0.4 is 9.62 Å². The number of benzene rings is 2. The smallest absolute Gasteiger partial charge is 0.339 e. The summed E-state index contributed by atoms with van der Waals surface area (Å²) < 4.78 is 30.6. The molecule has 0 aliphatic carbocycles. The summed E-state index contributed by atoms with van der Waals surface area (Å²) in [4.78, 5) is 24.5. The number of hydrogen-bond acceptors (Lipinski definition) is 5. The van der Waals surface area contributed by atoms with E-state index in [1.165, 1.54) is 13.2 Å². The molecule has 0 fully saturated rings. The highest BCUT2D eigenvalue weighted by atomic mass is 32.2. The maximum Gasteiger partial charge on any atom is 0.339 e. The number of nitrogens with zero attached hydrogens (tertiary/aromatic N) is 1. The van der Waals surface area contributed by atoms with E-state index in [0.717, 1.165) is 16.1 Å². The molecular weight excluding hydrogens is 380 g/mol. The highest BCUT2D eigenvalue weighted by Gasteiger charge is 2.24. The minimum atomic E-state index is -3.71. The van der Waals surface area contributed by atoms with Gasteiger partial charge < -0.3 is 10.1 Å². The van der Waals surface area contributed by atoms with Crippen LogP contribution in [0.3, 0.4) is 0 Å². The molecule has 2 aromatic rings. The van der Waals surface area contributed by atoms with Gasteiger partial charge in [0.1, 0.15) is 6.54 Å². The average Bonchev–Trinajstić information content (AvgIpc) is 2.65. The molecule has 0 unspecified atom stereocenters. The maximum absolute atomic E-state index is 12.6. The third-order valence-electron chi connectivity index (χ3n) is 4.12. The molecule has 1 N–H and O–H groups in total. The Balaban J connectivity index is 2.33. The standard InChI is InChI=1S/C20H24N2O5S/c1-14(2)15-9-6-8-12-18(15)22(28(4,25)26)13-19(23)21-17-11-7-5-10-16(17)20(24)27-3/h5-12,14H,13H2,1-4H3,(H,21,23). The molecule has 0 saturated heterocycles. The molecule has 8 heteroatoms. The van der Waals surface area contributed by atoms with Crippen LogP contribution in [0.1, 0.15) is 35.7 Å². The van der Waals surface area contributed by atoms with Gasteiger partial charge in [-0.15, -0.1) is 0 Å². The van der Waals surface area contributed by atoms with Crippen molar-refractivity contribution in [3.05, 3.63) is 59.7 Å². The second-order valence-corrected chi connectivity index (χ2v) is 8.48.